The first-order valence-corrected chi connectivity index (χ1v) is 6.41. The van der Waals surface area contributed by atoms with Crippen LogP contribution in [0.25, 0.3) is 0 Å². The summed E-state index contributed by atoms with van der Waals surface area (Å²) in [6.07, 6.45) is 0.0968. The van der Waals surface area contributed by atoms with Gasteiger partial charge in [0.2, 0.25) is 0 Å². The number of aryl methyl sites for hydroxylation is 1. The normalized spacial score (nSPS) is 23.0. The summed E-state index contributed by atoms with van der Waals surface area (Å²) >= 11 is 0. The minimum atomic E-state index is -0.174. The highest BCUT2D eigenvalue weighted by Crippen LogP contribution is 2.15. The van der Waals surface area contributed by atoms with Crippen LogP contribution in [0, 0.1) is 12.7 Å². The maximum Gasteiger partial charge on any atom is 0.123 e. The predicted molar refractivity (Wildman–Crippen MR) is 69.8 cm³/mol. The molecule has 0 spiro atoms. The second-order valence-corrected chi connectivity index (χ2v) is 5.07. The van der Waals surface area contributed by atoms with Crippen LogP contribution in [0.5, 0.6) is 0 Å². The van der Waals surface area contributed by atoms with Gasteiger partial charge in [-0.3, -0.25) is 4.90 Å². The van der Waals surface area contributed by atoms with E-state index in [2.05, 4.69) is 4.90 Å². The fraction of sp³-hybridized carbons (Fsp3) is 0.571. The summed E-state index contributed by atoms with van der Waals surface area (Å²) in [5.41, 5.74) is 8.04. The molecule has 1 aromatic carbocycles. The van der Waals surface area contributed by atoms with Crippen LogP contribution >= 0.6 is 0 Å². The van der Waals surface area contributed by atoms with Crippen LogP contribution in [-0.4, -0.2) is 36.7 Å². The van der Waals surface area contributed by atoms with Crippen molar-refractivity contribution in [3.05, 3.63) is 35.1 Å². The lowest BCUT2D eigenvalue weighted by molar-refractivity contribution is -0.0404. The highest BCUT2D eigenvalue weighted by molar-refractivity contribution is 5.26. The Bertz CT molecular complexity index is 409. The van der Waals surface area contributed by atoms with Crippen LogP contribution in [0.4, 0.5) is 4.39 Å². The van der Waals surface area contributed by atoms with Gasteiger partial charge in [0.1, 0.15) is 5.82 Å². The van der Waals surface area contributed by atoms with Crippen LogP contribution in [-0.2, 0) is 11.3 Å². The Morgan fingerprint density at radius 3 is 3.00 bits per heavy atom. The first-order chi connectivity index (χ1) is 8.56. The number of morpholine rings is 1. The SMILES string of the molecule is Cc1cc(F)ccc1CN1CCOC(C(C)N)C1. The lowest BCUT2D eigenvalue weighted by Gasteiger charge is -2.35. The molecule has 1 aromatic rings. The highest BCUT2D eigenvalue weighted by Gasteiger charge is 2.23. The largest absolute Gasteiger partial charge is 0.374 e. The van der Waals surface area contributed by atoms with Crippen molar-refractivity contribution in [1.29, 1.82) is 0 Å². The first kappa shape index (κ1) is 13.5. The molecule has 2 N–H and O–H groups in total. The lowest BCUT2D eigenvalue weighted by atomic mass is 10.1. The van der Waals surface area contributed by atoms with E-state index in [0.29, 0.717) is 6.61 Å². The number of hydrogen-bond acceptors (Lipinski definition) is 3. The molecule has 4 heteroatoms. The summed E-state index contributed by atoms with van der Waals surface area (Å²) in [4.78, 5) is 2.32. The molecule has 2 atom stereocenters. The zero-order valence-corrected chi connectivity index (χ0v) is 11.0. The number of benzene rings is 1. The van der Waals surface area contributed by atoms with Crippen LogP contribution in [0.1, 0.15) is 18.1 Å². The van der Waals surface area contributed by atoms with E-state index in [1.165, 1.54) is 11.6 Å². The maximum absolute atomic E-state index is 13.0. The van der Waals surface area contributed by atoms with E-state index in [1.54, 1.807) is 6.07 Å². The molecule has 0 bridgehead atoms. The molecule has 1 fully saturated rings. The predicted octanol–water partition coefficient (Wildman–Crippen LogP) is 1.68. The van der Waals surface area contributed by atoms with Gasteiger partial charge in [-0.05, 0) is 37.1 Å². The molecule has 0 radical (unpaired) electrons. The van der Waals surface area contributed by atoms with E-state index in [-0.39, 0.29) is 18.0 Å². The first-order valence-electron chi connectivity index (χ1n) is 6.41. The third-order valence-electron chi connectivity index (χ3n) is 3.46. The smallest absolute Gasteiger partial charge is 0.123 e. The Morgan fingerprint density at radius 1 is 1.56 bits per heavy atom. The lowest BCUT2D eigenvalue weighted by Crippen LogP contribution is -2.49. The second-order valence-electron chi connectivity index (χ2n) is 5.07. The van der Waals surface area contributed by atoms with E-state index in [4.69, 9.17) is 10.5 Å². The Labute approximate surface area is 108 Å². The van der Waals surface area contributed by atoms with Gasteiger partial charge in [-0.1, -0.05) is 6.07 Å². The van der Waals surface area contributed by atoms with Crippen molar-refractivity contribution in [2.75, 3.05) is 19.7 Å². The van der Waals surface area contributed by atoms with Crippen molar-refractivity contribution in [1.82, 2.24) is 4.90 Å². The zero-order chi connectivity index (χ0) is 13.1. The maximum atomic E-state index is 13.0. The van der Waals surface area contributed by atoms with E-state index < -0.39 is 0 Å². The van der Waals surface area contributed by atoms with E-state index in [1.807, 2.05) is 19.9 Å². The van der Waals surface area contributed by atoms with Gasteiger partial charge in [-0.25, -0.2) is 4.39 Å². The standard InChI is InChI=1S/C14H21FN2O/c1-10-7-13(15)4-3-12(10)8-17-5-6-18-14(9-17)11(2)16/h3-4,7,11,14H,5-6,8-9,16H2,1-2H3. The number of nitrogens with zero attached hydrogens (tertiary/aromatic N) is 1. The minimum Gasteiger partial charge on any atom is -0.374 e. The summed E-state index contributed by atoms with van der Waals surface area (Å²) in [6.45, 7) is 7.21. The fourth-order valence-corrected chi connectivity index (χ4v) is 2.27. The number of halogens is 1. The van der Waals surface area contributed by atoms with Gasteiger partial charge in [0, 0.05) is 25.7 Å². The average Bonchev–Trinajstić information content (AvgIpc) is 2.33. The monoisotopic (exact) mass is 252 g/mol. The van der Waals surface area contributed by atoms with Crippen molar-refractivity contribution in [2.24, 2.45) is 5.73 Å². The molecule has 1 saturated heterocycles. The average molecular weight is 252 g/mol. The summed E-state index contributed by atoms with van der Waals surface area (Å²) in [5, 5.41) is 0. The van der Waals surface area contributed by atoms with Crippen molar-refractivity contribution >= 4 is 0 Å². The molecule has 1 aliphatic heterocycles. The highest BCUT2D eigenvalue weighted by atomic mass is 19.1. The Hall–Kier alpha value is -0.970. The van der Waals surface area contributed by atoms with E-state index in [0.717, 1.165) is 25.2 Å². The second kappa shape index (κ2) is 5.78. The molecular weight excluding hydrogens is 231 g/mol. The molecule has 3 nitrogen and oxygen atoms in total. The number of rotatable bonds is 3. The van der Waals surface area contributed by atoms with Crippen molar-refractivity contribution in [3.63, 3.8) is 0 Å². The summed E-state index contributed by atoms with van der Waals surface area (Å²) in [7, 11) is 0. The van der Waals surface area contributed by atoms with Gasteiger partial charge in [0.25, 0.3) is 0 Å². The number of hydrogen-bond donors (Lipinski definition) is 1. The Balaban J connectivity index is 2.00. The molecule has 18 heavy (non-hydrogen) atoms. The van der Waals surface area contributed by atoms with Crippen molar-refractivity contribution < 1.29 is 9.13 Å². The fourth-order valence-electron chi connectivity index (χ4n) is 2.27. The van der Waals surface area contributed by atoms with Gasteiger partial charge >= 0.3 is 0 Å². The van der Waals surface area contributed by atoms with Gasteiger partial charge < -0.3 is 10.5 Å². The third kappa shape index (κ3) is 3.28. The molecule has 0 saturated carbocycles. The van der Waals surface area contributed by atoms with Crippen LogP contribution in [0.2, 0.25) is 0 Å². The molecule has 1 aliphatic rings. The zero-order valence-electron chi connectivity index (χ0n) is 11.0. The number of nitrogens with two attached hydrogens (primary N) is 1. The minimum absolute atomic E-state index is 0.0436. The van der Waals surface area contributed by atoms with Gasteiger partial charge in [-0.2, -0.15) is 0 Å². The number of ether oxygens (including phenoxy) is 1. The molecule has 2 rings (SSSR count). The van der Waals surface area contributed by atoms with Crippen LogP contribution < -0.4 is 5.73 Å². The van der Waals surface area contributed by atoms with Crippen molar-refractivity contribution in [3.8, 4) is 0 Å². The van der Waals surface area contributed by atoms with Gasteiger partial charge in [-0.15, -0.1) is 0 Å². The molecule has 100 valence electrons. The van der Waals surface area contributed by atoms with Crippen LogP contribution in [0.3, 0.4) is 0 Å². The Morgan fingerprint density at radius 2 is 2.33 bits per heavy atom. The third-order valence-corrected chi connectivity index (χ3v) is 3.46. The Kier molecular flexibility index (Phi) is 4.32. The molecule has 2 unspecified atom stereocenters. The molecular formula is C14H21FN2O. The van der Waals surface area contributed by atoms with Gasteiger partial charge in [0.15, 0.2) is 0 Å². The topological polar surface area (TPSA) is 38.5 Å². The van der Waals surface area contributed by atoms with E-state index >= 15 is 0 Å². The molecule has 0 amide bonds. The summed E-state index contributed by atoms with van der Waals surface area (Å²) < 4.78 is 18.7. The molecule has 0 aromatic heterocycles. The van der Waals surface area contributed by atoms with Crippen LogP contribution in [0.15, 0.2) is 18.2 Å². The molecule has 0 aliphatic carbocycles. The van der Waals surface area contributed by atoms with Gasteiger partial charge in [0.05, 0.1) is 12.7 Å². The summed E-state index contributed by atoms with van der Waals surface area (Å²) in [6, 6.07) is 5.01. The quantitative estimate of drug-likeness (QED) is 0.889. The summed E-state index contributed by atoms with van der Waals surface area (Å²) in [5.74, 6) is -0.174. The molecule has 1 heterocycles. The van der Waals surface area contributed by atoms with Crippen molar-refractivity contribution in [2.45, 2.75) is 32.5 Å². The van der Waals surface area contributed by atoms with E-state index in [9.17, 15) is 4.39 Å².